The lowest BCUT2D eigenvalue weighted by molar-refractivity contribution is 0.0928. The SMILES string of the molecule is O=C(NCC(Cc1ccccc1)N1CCCCC1)c1cccs1. The van der Waals surface area contributed by atoms with Gasteiger partial charge in [-0.3, -0.25) is 9.69 Å². The van der Waals surface area contributed by atoms with Crippen molar-refractivity contribution in [2.24, 2.45) is 0 Å². The van der Waals surface area contributed by atoms with Crippen LogP contribution in [0.4, 0.5) is 0 Å². The number of rotatable bonds is 6. The largest absolute Gasteiger partial charge is 0.350 e. The van der Waals surface area contributed by atoms with E-state index in [2.05, 4.69) is 40.5 Å². The van der Waals surface area contributed by atoms with Gasteiger partial charge in [-0.25, -0.2) is 0 Å². The number of piperidine rings is 1. The van der Waals surface area contributed by atoms with Gasteiger partial charge >= 0.3 is 0 Å². The predicted octanol–water partition coefficient (Wildman–Crippen LogP) is 3.58. The van der Waals surface area contributed by atoms with Crippen molar-refractivity contribution < 1.29 is 4.79 Å². The van der Waals surface area contributed by atoms with Crippen LogP contribution in [-0.2, 0) is 6.42 Å². The molecule has 0 bridgehead atoms. The minimum atomic E-state index is 0.0510. The summed E-state index contributed by atoms with van der Waals surface area (Å²) >= 11 is 1.50. The Morgan fingerprint density at radius 3 is 2.57 bits per heavy atom. The van der Waals surface area contributed by atoms with Gasteiger partial charge in [0.2, 0.25) is 0 Å². The highest BCUT2D eigenvalue weighted by molar-refractivity contribution is 7.12. The van der Waals surface area contributed by atoms with Crippen molar-refractivity contribution >= 4 is 17.2 Å². The molecule has 0 radical (unpaired) electrons. The van der Waals surface area contributed by atoms with Crippen LogP contribution in [0.25, 0.3) is 0 Å². The van der Waals surface area contributed by atoms with Crippen molar-refractivity contribution in [1.82, 2.24) is 10.2 Å². The van der Waals surface area contributed by atoms with Gasteiger partial charge in [-0.05, 0) is 49.4 Å². The third kappa shape index (κ3) is 4.66. The average Bonchev–Trinajstić information content (AvgIpc) is 3.15. The van der Waals surface area contributed by atoms with Gasteiger partial charge in [-0.1, -0.05) is 42.8 Å². The first kappa shape index (κ1) is 16.2. The Balaban J connectivity index is 1.63. The van der Waals surface area contributed by atoms with Crippen LogP contribution in [0, 0.1) is 0 Å². The fourth-order valence-electron chi connectivity index (χ4n) is 3.21. The van der Waals surface area contributed by atoms with E-state index in [1.807, 2.05) is 17.5 Å². The highest BCUT2D eigenvalue weighted by atomic mass is 32.1. The molecule has 2 aromatic rings. The summed E-state index contributed by atoms with van der Waals surface area (Å²) in [6.45, 7) is 3.00. The molecule has 2 heterocycles. The molecule has 0 aliphatic carbocycles. The molecule has 23 heavy (non-hydrogen) atoms. The second kappa shape index (κ2) is 8.27. The van der Waals surface area contributed by atoms with Crippen LogP contribution in [0.15, 0.2) is 47.8 Å². The Bertz CT molecular complexity index is 591. The van der Waals surface area contributed by atoms with Crippen LogP contribution in [0.5, 0.6) is 0 Å². The highest BCUT2D eigenvalue weighted by Gasteiger charge is 2.22. The molecule has 1 aliphatic rings. The second-order valence-electron chi connectivity index (χ2n) is 6.13. The zero-order chi connectivity index (χ0) is 15.9. The number of carbonyl (C=O) groups is 1. The van der Waals surface area contributed by atoms with Crippen LogP contribution in [-0.4, -0.2) is 36.5 Å². The Morgan fingerprint density at radius 1 is 1.09 bits per heavy atom. The monoisotopic (exact) mass is 328 g/mol. The zero-order valence-electron chi connectivity index (χ0n) is 13.4. The molecule has 1 aromatic heterocycles. The topological polar surface area (TPSA) is 32.3 Å². The maximum Gasteiger partial charge on any atom is 0.261 e. The molecule has 0 saturated carbocycles. The zero-order valence-corrected chi connectivity index (χ0v) is 14.2. The number of thiophene rings is 1. The molecule has 3 nitrogen and oxygen atoms in total. The Kier molecular flexibility index (Phi) is 5.83. The minimum Gasteiger partial charge on any atom is -0.350 e. The summed E-state index contributed by atoms with van der Waals surface area (Å²) in [4.78, 5) is 15.6. The Labute approximate surface area is 142 Å². The van der Waals surface area contributed by atoms with Crippen molar-refractivity contribution in [3.63, 3.8) is 0 Å². The van der Waals surface area contributed by atoms with Gasteiger partial charge < -0.3 is 5.32 Å². The Morgan fingerprint density at radius 2 is 1.87 bits per heavy atom. The number of benzene rings is 1. The van der Waals surface area contributed by atoms with Crippen molar-refractivity contribution in [2.45, 2.75) is 31.7 Å². The molecule has 1 aromatic carbocycles. The smallest absolute Gasteiger partial charge is 0.261 e. The molecule has 1 N–H and O–H groups in total. The number of carbonyl (C=O) groups excluding carboxylic acids is 1. The molecule has 1 aliphatic heterocycles. The van der Waals surface area contributed by atoms with E-state index in [1.165, 1.54) is 36.2 Å². The van der Waals surface area contributed by atoms with E-state index in [0.29, 0.717) is 12.6 Å². The standard InChI is InChI=1S/C19H24N2OS/c22-19(18-10-7-13-23-18)20-15-17(21-11-5-2-6-12-21)14-16-8-3-1-4-9-16/h1,3-4,7-10,13,17H,2,5-6,11-12,14-15H2,(H,20,22). The molecule has 3 rings (SSSR count). The quantitative estimate of drug-likeness (QED) is 0.879. The first-order chi connectivity index (χ1) is 11.3. The van der Waals surface area contributed by atoms with Gasteiger partial charge in [0.05, 0.1) is 4.88 Å². The Hall–Kier alpha value is -1.65. The van der Waals surface area contributed by atoms with Gasteiger partial charge in [-0.2, -0.15) is 0 Å². The summed E-state index contributed by atoms with van der Waals surface area (Å²) in [6.07, 6.45) is 4.86. The van der Waals surface area contributed by atoms with E-state index in [0.717, 1.165) is 24.4 Å². The van der Waals surface area contributed by atoms with Gasteiger partial charge in [0.15, 0.2) is 0 Å². The van der Waals surface area contributed by atoms with Gasteiger partial charge in [0.25, 0.3) is 5.91 Å². The molecular weight excluding hydrogens is 304 g/mol. The summed E-state index contributed by atoms with van der Waals surface area (Å²) < 4.78 is 0. The molecule has 1 saturated heterocycles. The molecule has 122 valence electrons. The number of hydrogen-bond donors (Lipinski definition) is 1. The average molecular weight is 328 g/mol. The summed E-state index contributed by atoms with van der Waals surface area (Å²) in [7, 11) is 0. The predicted molar refractivity (Wildman–Crippen MR) is 96.0 cm³/mol. The molecular formula is C19H24N2OS. The molecule has 1 atom stereocenters. The van der Waals surface area contributed by atoms with E-state index in [-0.39, 0.29) is 5.91 Å². The number of amides is 1. The van der Waals surface area contributed by atoms with Crippen LogP contribution >= 0.6 is 11.3 Å². The molecule has 4 heteroatoms. The lowest BCUT2D eigenvalue weighted by atomic mass is 10.0. The number of nitrogens with one attached hydrogen (secondary N) is 1. The first-order valence-corrected chi connectivity index (χ1v) is 9.30. The van der Waals surface area contributed by atoms with Crippen LogP contribution in [0.3, 0.4) is 0 Å². The molecule has 1 unspecified atom stereocenters. The number of nitrogens with zero attached hydrogens (tertiary/aromatic N) is 1. The van der Waals surface area contributed by atoms with E-state index >= 15 is 0 Å². The van der Waals surface area contributed by atoms with Crippen molar-refractivity contribution in [3.05, 3.63) is 58.3 Å². The van der Waals surface area contributed by atoms with Crippen molar-refractivity contribution in [3.8, 4) is 0 Å². The van der Waals surface area contributed by atoms with Crippen LogP contribution < -0.4 is 5.32 Å². The third-order valence-electron chi connectivity index (χ3n) is 4.46. The number of likely N-dealkylation sites (tertiary alicyclic amines) is 1. The summed E-state index contributed by atoms with van der Waals surface area (Å²) in [5.74, 6) is 0.0510. The van der Waals surface area contributed by atoms with Gasteiger partial charge in [0.1, 0.15) is 0 Å². The molecule has 0 spiro atoms. The lowest BCUT2D eigenvalue weighted by Gasteiger charge is -2.34. The van der Waals surface area contributed by atoms with Gasteiger partial charge in [-0.15, -0.1) is 11.3 Å². The van der Waals surface area contributed by atoms with E-state index in [1.54, 1.807) is 0 Å². The summed E-state index contributed by atoms with van der Waals surface area (Å²) in [6, 6.07) is 14.8. The third-order valence-corrected chi connectivity index (χ3v) is 5.33. The molecule has 1 fully saturated rings. The first-order valence-electron chi connectivity index (χ1n) is 8.42. The highest BCUT2D eigenvalue weighted by Crippen LogP contribution is 2.16. The molecule has 1 amide bonds. The maximum atomic E-state index is 12.2. The second-order valence-corrected chi connectivity index (χ2v) is 7.08. The van der Waals surface area contributed by atoms with E-state index in [9.17, 15) is 4.79 Å². The fraction of sp³-hybridized carbons (Fsp3) is 0.421. The van der Waals surface area contributed by atoms with Crippen LogP contribution in [0.1, 0.15) is 34.5 Å². The van der Waals surface area contributed by atoms with Gasteiger partial charge in [0, 0.05) is 12.6 Å². The minimum absolute atomic E-state index is 0.0510. The maximum absolute atomic E-state index is 12.2. The fourth-order valence-corrected chi connectivity index (χ4v) is 3.85. The summed E-state index contributed by atoms with van der Waals surface area (Å²) in [5, 5.41) is 5.08. The van der Waals surface area contributed by atoms with Crippen molar-refractivity contribution in [1.29, 1.82) is 0 Å². The lowest BCUT2D eigenvalue weighted by Crippen LogP contribution is -2.47. The van der Waals surface area contributed by atoms with Crippen molar-refractivity contribution in [2.75, 3.05) is 19.6 Å². The summed E-state index contributed by atoms with van der Waals surface area (Å²) in [5.41, 5.74) is 1.34. The normalized spacial score (nSPS) is 16.9. The van der Waals surface area contributed by atoms with Crippen LogP contribution in [0.2, 0.25) is 0 Å². The van der Waals surface area contributed by atoms with E-state index in [4.69, 9.17) is 0 Å². The number of hydrogen-bond acceptors (Lipinski definition) is 3. The van der Waals surface area contributed by atoms with E-state index < -0.39 is 0 Å².